The van der Waals surface area contributed by atoms with E-state index in [1.54, 1.807) is 13.2 Å². The fourth-order valence-electron chi connectivity index (χ4n) is 1.66. The highest BCUT2D eigenvalue weighted by Crippen LogP contribution is 2.36. The predicted octanol–water partition coefficient (Wildman–Crippen LogP) is 4.33. The van der Waals surface area contributed by atoms with Gasteiger partial charge in [0.2, 0.25) is 5.88 Å². The Morgan fingerprint density at radius 3 is 2.55 bits per heavy atom. The Hall–Kier alpha value is -1.65. The van der Waals surface area contributed by atoms with Crippen molar-refractivity contribution in [2.24, 2.45) is 0 Å². The van der Waals surface area contributed by atoms with Gasteiger partial charge in [-0.3, -0.25) is 0 Å². The first-order chi connectivity index (χ1) is 9.55. The SMILES string of the molecule is CCc1ccc(Oc2nc(N)c(Cl)cc2Cl)c(OC)c1. The number of anilines is 1. The number of aryl methyl sites for hydroxylation is 1. The van der Waals surface area contributed by atoms with E-state index < -0.39 is 0 Å². The summed E-state index contributed by atoms with van der Waals surface area (Å²) in [6.45, 7) is 2.06. The summed E-state index contributed by atoms with van der Waals surface area (Å²) in [4.78, 5) is 4.02. The van der Waals surface area contributed by atoms with Crippen LogP contribution in [0.3, 0.4) is 0 Å². The van der Waals surface area contributed by atoms with E-state index in [9.17, 15) is 0 Å². The van der Waals surface area contributed by atoms with Crippen molar-refractivity contribution in [3.05, 3.63) is 39.9 Å². The Bertz CT molecular complexity index is 633. The minimum atomic E-state index is 0.162. The number of pyridine rings is 1. The monoisotopic (exact) mass is 312 g/mol. The van der Waals surface area contributed by atoms with E-state index in [0.29, 0.717) is 11.5 Å². The Labute approximate surface area is 127 Å². The van der Waals surface area contributed by atoms with Crippen molar-refractivity contribution in [3.8, 4) is 17.4 Å². The standard InChI is InChI=1S/C14H14Cl2N2O2/c1-3-8-4-5-11(12(6-8)19-2)20-14-10(16)7-9(15)13(17)18-14/h4-7H,3H2,1-2H3,(H2,17,18). The van der Waals surface area contributed by atoms with Crippen LogP contribution in [0.15, 0.2) is 24.3 Å². The van der Waals surface area contributed by atoms with E-state index in [4.69, 9.17) is 38.4 Å². The molecule has 0 bridgehead atoms. The number of aromatic nitrogens is 1. The summed E-state index contributed by atoms with van der Waals surface area (Å²) in [5.74, 6) is 1.47. The lowest BCUT2D eigenvalue weighted by atomic mass is 10.1. The van der Waals surface area contributed by atoms with Crippen LogP contribution in [-0.2, 0) is 6.42 Å². The van der Waals surface area contributed by atoms with Gasteiger partial charge in [0.1, 0.15) is 10.8 Å². The van der Waals surface area contributed by atoms with Crippen molar-refractivity contribution in [2.45, 2.75) is 13.3 Å². The summed E-state index contributed by atoms with van der Waals surface area (Å²) in [7, 11) is 1.58. The molecule has 1 aromatic carbocycles. The number of nitrogens with two attached hydrogens (primary N) is 1. The number of hydrogen-bond acceptors (Lipinski definition) is 4. The lowest BCUT2D eigenvalue weighted by Gasteiger charge is -2.12. The molecule has 0 amide bonds. The zero-order valence-electron chi connectivity index (χ0n) is 11.1. The first-order valence-corrected chi connectivity index (χ1v) is 6.77. The second-order valence-electron chi connectivity index (χ2n) is 4.08. The number of halogens is 2. The lowest BCUT2D eigenvalue weighted by Crippen LogP contribution is -1.97. The van der Waals surface area contributed by atoms with Gasteiger partial charge in [0.25, 0.3) is 0 Å². The molecule has 0 saturated carbocycles. The third-order valence-electron chi connectivity index (χ3n) is 2.77. The van der Waals surface area contributed by atoms with Crippen LogP contribution < -0.4 is 15.2 Å². The summed E-state index contributed by atoms with van der Waals surface area (Å²) in [6, 6.07) is 7.15. The normalized spacial score (nSPS) is 10.4. The molecule has 2 N–H and O–H groups in total. The van der Waals surface area contributed by atoms with Gasteiger partial charge in [-0.05, 0) is 30.2 Å². The minimum absolute atomic E-state index is 0.162. The smallest absolute Gasteiger partial charge is 0.240 e. The van der Waals surface area contributed by atoms with Crippen LogP contribution in [0.25, 0.3) is 0 Å². The van der Waals surface area contributed by atoms with E-state index in [1.807, 2.05) is 12.1 Å². The van der Waals surface area contributed by atoms with Gasteiger partial charge in [0.15, 0.2) is 11.5 Å². The molecule has 0 aliphatic carbocycles. The van der Waals surface area contributed by atoms with E-state index in [0.717, 1.165) is 12.0 Å². The van der Waals surface area contributed by atoms with Crippen molar-refractivity contribution in [1.29, 1.82) is 0 Å². The maximum Gasteiger partial charge on any atom is 0.240 e. The molecule has 20 heavy (non-hydrogen) atoms. The predicted molar refractivity (Wildman–Crippen MR) is 81.1 cm³/mol. The lowest BCUT2D eigenvalue weighted by molar-refractivity contribution is 0.374. The molecule has 4 nitrogen and oxygen atoms in total. The second-order valence-corrected chi connectivity index (χ2v) is 4.90. The van der Waals surface area contributed by atoms with Gasteiger partial charge in [-0.25, -0.2) is 0 Å². The molecule has 0 saturated heterocycles. The summed E-state index contributed by atoms with van der Waals surface area (Å²) >= 11 is 11.9. The summed E-state index contributed by atoms with van der Waals surface area (Å²) in [5, 5.41) is 0.571. The third kappa shape index (κ3) is 3.08. The van der Waals surface area contributed by atoms with Gasteiger partial charge >= 0.3 is 0 Å². The molecule has 106 valence electrons. The molecule has 0 unspecified atom stereocenters. The number of methoxy groups -OCH3 is 1. The molecule has 1 heterocycles. The average molecular weight is 313 g/mol. The van der Waals surface area contributed by atoms with Crippen molar-refractivity contribution in [2.75, 3.05) is 12.8 Å². The minimum Gasteiger partial charge on any atom is -0.493 e. The van der Waals surface area contributed by atoms with Crippen LogP contribution >= 0.6 is 23.2 Å². The molecule has 0 fully saturated rings. The number of rotatable bonds is 4. The van der Waals surface area contributed by atoms with Gasteiger partial charge in [-0.2, -0.15) is 4.98 Å². The van der Waals surface area contributed by atoms with Gasteiger partial charge < -0.3 is 15.2 Å². The molecule has 0 aliphatic rings. The Morgan fingerprint density at radius 1 is 1.15 bits per heavy atom. The van der Waals surface area contributed by atoms with Crippen LogP contribution in [0.5, 0.6) is 17.4 Å². The fraction of sp³-hybridized carbons (Fsp3) is 0.214. The van der Waals surface area contributed by atoms with Crippen LogP contribution in [-0.4, -0.2) is 12.1 Å². The topological polar surface area (TPSA) is 57.4 Å². The fourth-order valence-corrected chi connectivity index (χ4v) is 2.05. The summed E-state index contributed by atoms with van der Waals surface area (Å²) in [6.07, 6.45) is 0.906. The first-order valence-electron chi connectivity index (χ1n) is 6.01. The molecule has 0 radical (unpaired) electrons. The molecule has 6 heteroatoms. The zero-order valence-corrected chi connectivity index (χ0v) is 12.6. The third-order valence-corrected chi connectivity index (χ3v) is 3.34. The van der Waals surface area contributed by atoms with Gasteiger partial charge in [0.05, 0.1) is 12.1 Å². The highest BCUT2D eigenvalue weighted by molar-refractivity contribution is 6.36. The first kappa shape index (κ1) is 14.8. The number of ether oxygens (including phenoxy) is 2. The molecule has 0 aliphatic heterocycles. The molecule has 2 rings (SSSR count). The Balaban J connectivity index is 2.37. The largest absolute Gasteiger partial charge is 0.493 e. The van der Waals surface area contributed by atoms with Gasteiger partial charge in [-0.1, -0.05) is 36.2 Å². The molecule has 2 aromatic rings. The quantitative estimate of drug-likeness (QED) is 0.912. The van der Waals surface area contributed by atoms with Crippen LogP contribution in [0.4, 0.5) is 5.82 Å². The maximum absolute atomic E-state index is 6.04. The van der Waals surface area contributed by atoms with Crippen molar-refractivity contribution < 1.29 is 9.47 Å². The Kier molecular flexibility index (Phi) is 4.57. The van der Waals surface area contributed by atoms with E-state index in [1.165, 1.54) is 6.07 Å². The highest BCUT2D eigenvalue weighted by atomic mass is 35.5. The van der Waals surface area contributed by atoms with Gasteiger partial charge in [-0.15, -0.1) is 0 Å². The number of benzene rings is 1. The highest BCUT2D eigenvalue weighted by Gasteiger charge is 2.12. The summed E-state index contributed by atoms with van der Waals surface area (Å²) in [5.41, 5.74) is 6.79. The summed E-state index contributed by atoms with van der Waals surface area (Å²) < 4.78 is 11.0. The molecule has 0 spiro atoms. The van der Waals surface area contributed by atoms with E-state index in [2.05, 4.69) is 11.9 Å². The number of nitrogens with zero attached hydrogens (tertiary/aromatic N) is 1. The van der Waals surface area contributed by atoms with Crippen LogP contribution in [0.1, 0.15) is 12.5 Å². The number of hydrogen-bond donors (Lipinski definition) is 1. The molecule has 1 aromatic heterocycles. The Morgan fingerprint density at radius 2 is 1.90 bits per heavy atom. The van der Waals surface area contributed by atoms with Crippen molar-refractivity contribution in [1.82, 2.24) is 4.98 Å². The molecule has 0 atom stereocenters. The van der Waals surface area contributed by atoms with E-state index in [-0.39, 0.29) is 21.7 Å². The van der Waals surface area contributed by atoms with Crippen LogP contribution in [0, 0.1) is 0 Å². The second kappa shape index (κ2) is 6.20. The number of nitrogen functional groups attached to an aromatic ring is 1. The zero-order chi connectivity index (χ0) is 14.7. The van der Waals surface area contributed by atoms with Crippen molar-refractivity contribution in [3.63, 3.8) is 0 Å². The van der Waals surface area contributed by atoms with Gasteiger partial charge in [0, 0.05) is 0 Å². The molecular weight excluding hydrogens is 299 g/mol. The van der Waals surface area contributed by atoms with E-state index >= 15 is 0 Å². The van der Waals surface area contributed by atoms with Crippen LogP contribution in [0.2, 0.25) is 10.0 Å². The molecular formula is C14H14Cl2N2O2. The maximum atomic E-state index is 6.04. The van der Waals surface area contributed by atoms with Crippen molar-refractivity contribution >= 4 is 29.0 Å². The average Bonchev–Trinajstić information content (AvgIpc) is 2.45.